The van der Waals surface area contributed by atoms with Crippen LogP contribution in [-0.4, -0.2) is 18.0 Å². The average Bonchev–Trinajstić information content (AvgIpc) is 2.54. The van der Waals surface area contributed by atoms with Crippen molar-refractivity contribution in [2.45, 2.75) is 13.0 Å². The Kier molecular flexibility index (Phi) is 5.08. The number of rotatable bonds is 6. The fourth-order valence-corrected chi connectivity index (χ4v) is 1.93. The maximum atomic E-state index is 11.8. The van der Waals surface area contributed by atoms with E-state index in [2.05, 4.69) is 0 Å². The number of hydrogen-bond donors (Lipinski definition) is 0. The number of carbonyl (C=O) groups excluding carboxylic acids is 1. The minimum atomic E-state index is -0.493. The molecule has 2 aromatic carbocycles. The van der Waals surface area contributed by atoms with Gasteiger partial charge in [-0.1, -0.05) is 24.3 Å². The molecule has 0 aromatic heterocycles. The van der Waals surface area contributed by atoms with Gasteiger partial charge >= 0.3 is 5.97 Å². The first-order valence-corrected chi connectivity index (χ1v) is 6.61. The molecule has 6 nitrogen and oxygen atoms in total. The smallest absolute Gasteiger partial charge is 0.310 e. The van der Waals surface area contributed by atoms with Gasteiger partial charge in [0, 0.05) is 6.07 Å². The van der Waals surface area contributed by atoms with Gasteiger partial charge in [-0.25, -0.2) is 0 Å². The maximum Gasteiger partial charge on any atom is 0.310 e. The standard InChI is InChI=1S/C16H15NO5/c1-21-14-8-6-12(7-9-14)10-16(18)22-11-13-4-2-3-5-15(13)17(19)20/h2-9H,10-11H2,1H3. The first-order valence-electron chi connectivity index (χ1n) is 6.61. The predicted molar refractivity (Wildman–Crippen MR) is 79.6 cm³/mol. The van der Waals surface area contributed by atoms with Gasteiger partial charge in [-0.2, -0.15) is 0 Å². The van der Waals surface area contributed by atoms with Crippen LogP contribution in [0.4, 0.5) is 5.69 Å². The van der Waals surface area contributed by atoms with Crippen LogP contribution in [0.5, 0.6) is 5.75 Å². The fourth-order valence-electron chi connectivity index (χ4n) is 1.93. The first kappa shape index (κ1) is 15.5. The second-order valence-electron chi connectivity index (χ2n) is 4.57. The van der Waals surface area contributed by atoms with Crippen molar-refractivity contribution in [3.05, 3.63) is 69.8 Å². The molecule has 6 heteroatoms. The van der Waals surface area contributed by atoms with E-state index in [-0.39, 0.29) is 18.7 Å². The zero-order valence-electron chi connectivity index (χ0n) is 12.0. The molecule has 0 heterocycles. The number of nitro groups is 1. The van der Waals surface area contributed by atoms with Crippen molar-refractivity contribution in [2.24, 2.45) is 0 Å². The maximum absolute atomic E-state index is 11.8. The minimum Gasteiger partial charge on any atom is -0.497 e. The van der Waals surface area contributed by atoms with Gasteiger partial charge < -0.3 is 9.47 Å². The van der Waals surface area contributed by atoms with E-state index in [0.29, 0.717) is 11.3 Å². The van der Waals surface area contributed by atoms with E-state index in [0.717, 1.165) is 5.56 Å². The second-order valence-corrected chi connectivity index (χ2v) is 4.57. The van der Waals surface area contributed by atoms with Crippen molar-refractivity contribution >= 4 is 11.7 Å². The van der Waals surface area contributed by atoms with E-state index in [9.17, 15) is 14.9 Å². The quantitative estimate of drug-likeness (QED) is 0.465. The molecule has 0 aliphatic rings. The Bertz CT molecular complexity index is 666. The molecule has 114 valence electrons. The highest BCUT2D eigenvalue weighted by molar-refractivity contribution is 5.72. The van der Waals surface area contributed by atoms with Gasteiger partial charge in [-0.15, -0.1) is 0 Å². The summed E-state index contributed by atoms with van der Waals surface area (Å²) in [5.74, 6) is 0.264. The Hall–Kier alpha value is -2.89. The lowest BCUT2D eigenvalue weighted by Crippen LogP contribution is -2.09. The number of carbonyl (C=O) groups is 1. The molecular formula is C16H15NO5. The minimum absolute atomic E-state index is 0.0558. The lowest BCUT2D eigenvalue weighted by Gasteiger charge is -2.06. The summed E-state index contributed by atoms with van der Waals surface area (Å²) in [6.07, 6.45) is 0.102. The summed E-state index contributed by atoms with van der Waals surface area (Å²) in [7, 11) is 1.57. The first-order chi connectivity index (χ1) is 10.6. The zero-order valence-corrected chi connectivity index (χ0v) is 12.0. The van der Waals surface area contributed by atoms with Crippen molar-refractivity contribution in [2.75, 3.05) is 7.11 Å². The summed E-state index contributed by atoms with van der Waals surface area (Å²) in [5.41, 5.74) is 1.10. The van der Waals surface area contributed by atoms with Gasteiger partial charge in [-0.05, 0) is 23.8 Å². The number of para-hydroxylation sites is 1. The monoisotopic (exact) mass is 301 g/mol. The Balaban J connectivity index is 1.94. The third kappa shape index (κ3) is 4.05. The van der Waals surface area contributed by atoms with Crippen molar-refractivity contribution in [1.29, 1.82) is 0 Å². The van der Waals surface area contributed by atoms with E-state index in [1.165, 1.54) is 6.07 Å². The fraction of sp³-hybridized carbons (Fsp3) is 0.188. The van der Waals surface area contributed by atoms with Gasteiger partial charge in [0.25, 0.3) is 5.69 Å². The summed E-state index contributed by atoms with van der Waals surface area (Å²) in [6.45, 7) is -0.119. The number of hydrogen-bond acceptors (Lipinski definition) is 5. The number of methoxy groups -OCH3 is 1. The summed E-state index contributed by atoms with van der Waals surface area (Å²) in [6, 6.07) is 13.2. The van der Waals surface area contributed by atoms with Crippen LogP contribution in [0.1, 0.15) is 11.1 Å². The Morgan fingerprint density at radius 3 is 2.45 bits per heavy atom. The van der Waals surface area contributed by atoms with Gasteiger partial charge in [-0.3, -0.25) is 14.9 Å². The summed E-state index contributed by atoms with van der Waals surface area (Å²) in [5, 5.41) is 10.9. The van der Waals surface area contributed by atoms with E-state index in [4.69, 9.17) is 9.47 Å². The second kappa shape index (κ2) is 7.21. The molecule has 0 atom stereocenters. The van der Waals surface area contributed by atoms with Crippen LogP contribution in [0.3, 0.4) is 0 Å². The van der Waals surface area contributed by atoms with Crippen LogP contribution in [-0.2, 0) is 22.6 Å². The highest BCUT2D eigenvalue weighted by Crippen LogP contribution is 2.19. The highest BCUT2D eigenvalue weighted by atomic mass is 16.6. The van der Waals surface area contributed by atoms with Crippen LogP contribution in [0, 0.1) is 10.1 Å². The van der Waals surface area contributed by atoms with Gasteiger partial charge in [0.2, 0.25) is 0 Å². The van der Waals surface area contributed by atoms with Gasteiger partial charge in [0.1, 0.15) is 12.4 Å². The van der Waals surface area contributed by atoms with Gasteiger partial charge in [0.15, 0.2) is 0 Å². The number of nitrogens with zero attached hydrogens (tertiary/aromatic N) is 1. The van der Waals surface area contributed by atoms with Crippen LogP contribution in [0.25, 0.3) is 0 Å². The van der Waals surface area contributed by atoms with E-state index < -0.39 is 10.9 Å². The Morgan fingerprint density at radius 2 is 1.82 bits per heavy atom. The van der Waals surface area contributed by atoms with Crippen LogP contribution in [0.15, 0.2) is 48.5 Å². The summed E-state index contributed by atoms with van der Waals surface area (Å²) in [4.78, 5) is 22.2. The van der Waals surface area contributed by atoms with E-state index in [1.807, 2.05) is 0 Å². The molecular weight excluding hydrogens is 286 g/mol. The average molecular weight is 301 g/mol. The van der Waals surface area contributed by atoms with Crippen LogP contribution < -0.4 is 4.74 Å². The molecule has 0 aliphatic carbocycles. The number of nitro benzene ring substituents is 1. The summed E-state index contributed by atoms with van der Waals surface area (Å²) < 4.78 is 10.1. The molecule has 0 radical (unpaired) electrons. The van der Waals surface area contributed by atoms with Crippen molar-refractivity contribution in [3.8, 4) is 5.75 Å². The summed E-state index contributed by atoms with van der Waals surface area (Å²) >= 11 is 0. The molecule has 2 rings (SSSR count). The molecule has 22 heavy (non-hydrogen) atoms. The molecule has 0 spiro atoms. The van der Waals surface area contributed by atoms with Crippen molar-refractivity contribution in [1.82, 2.24) is 0 Å². The van der Waals surface area contributed by atoms with Crippen molar-refractivity contribution in [3.63, 3.8) is 0 Å². The number of benzene rings is 2. The molecule has 0 saturated heterocycles. The number of ether oxygens (including phenoxy) is 2. The molecule has 0 N–H and O–H groups in total. The molecule has 0 unspecified atom stereocenters. The third-order valence-electron chi connectivity index (χ3n) is 3.08. The molecule has 0 saturated carbocycles. The Labute approximate surface area is 127 Å². The molecule has 0 amide bonds. The highest BCUT2D eigenvalue weighted by Gasteiger charge is 2.14. The zero-order chi connectivity index (χ0) is 15.9. The molecule has 0 aliphatic heterocycles. The van der Waals surface area contributed by atoms with E-state index in [1.54, 1.807) is 49.6 Å². The number of esters is 1. The molecule has 0 bridgehead atoms. The SMILES string of the molecule is COc1ccc(CC(=O)OCc2ccccc2[N+](=O)[O-])cc1. The predicted octanol–water partition coefficient (Wildman–Crippen LogP) is 2.89. The Morgan fingerprint density at radius 1 is 1.14 bits per heavy atom. The molecule has 2 aromatic rings. The van der Waals surface area contributed by atoms with Crippen LogP contribution in [0.2, 0.25) is 0 Å². The van der Waals surface area contributed by atoms with E-state index >= 15 is 0 Å². The van der Waals surface area contributed by atoms with Crippen LogP contribution >= 0.6 is 0 Å². The molecule has 0 fully saturated rings. The van der Waals surface area contributed by atoms with Gasteiger partial charge in [0.05, 0.1) is 24.0 Å². The lowest BCUT2D eigenvalue weighted by atomic mass is 10.1. The topological polar surface area (TPSA) is 78.7 Å². The normalized spacial score (nSPS) is 10.0. The van der Waals surface area contributed by atoms with Crippen molar-refractivity contribution < 1.29 is 19.2 Å². The third-order valence-corrected chi connectivity index (χ3v) is 3.08. The largest absolute Gasteiger partial charge is 0.497 e. The lowest BCUT2D eigenvalue weighted by molar-refractivity contribution is -0.385.